The zero-order chi connectivity index (χ0) is 15.9. The van der Waals surface area contributed by atoms with E-state index in [1.807, 2.05) is 31.2 Å². The van der Waals surface area contributed by atoms with Crippen LogP contribution >= 0.6 is 0 Å². The van der Waals surface area contributed by atoms with E-state index in [-0.39, 0.29) is 25.5 Å². The largest absolute Gasteiger partial charge is 0.494 e. The lowest BCUT2D eigenvalue weighted by Crippen LogP contribution is -2.49. The number of carbonyl (C=O) groups is 2. The summed E-state index contributed by atoms with van der Waals surface area (Å²) in [4.78, 5) is 24.8. The molecular formula is C16H21NO5. The maximum absolute atomic E-state index is 12.3. The van der Waals surface area contributed by atoms with Gasteiger partial charge >= 0.3 is 5.97 Å². The fraction of sp³-hybridized carbons (Fsp3) is 0.500. The Labute approximate surface area is 129 Å². The minimum atomic E-state index is -1.03. The highest BCUT2D eigenvalue weighted by molar-refractivity contribution is 5.80. The predicted molar refractivity (Wildman–Crippen MR) is 79.9 cm³/mol. The number of hydrogen-bond donors (Lipinski definition) is 1. The second-order valence-electron chi connectivity index (χ2n) is 5.21. The average Bonchev–Trinajstić information content (AvgIpc) is 2.53. The highest BCUT2D eigenvalue weighted by Crippen LogP contribution is 2.15. The van der Waals surface area contributed by atoms with Gasteiger partial charge in [0.2, 0.25) is 5.91 Å². The number of carboxylic acids is 1. The van der Waals surface area contributed by atoms with Crippen LogP contribution < -0.4 is 4.74 Å². The molecule has 1 N–H and O–H groups in total. The highest BCUT2D eigenvalue weighted by Gasteiger charge is 2.28. The Morgan fingerprint density at radius 1 is 1.45 bits per heavy atom. The molecule has 1 unspecified atom stereocenters. The molecule has 1 saturated heterocycles. The summed E-state index contributed by atoms with van der Waals surface area (Å²) in [7, 11) is 0. The maximum atomic E-state index is 12.3. The van der Waals surface area contributed by atoms with Gasteiger partial charge in [-0.1, -0.05) is 19.1 Å². The first-order valence-electron chi connectivity index (χ1n) is 7.44. The molecule has 0 aromatic heterocycles. The van der Waals surface area contributed by atoms with Crippen molar-refractivity contribution in [2.24, 2.45) is 0 Å². The van der Waals surface area contributed by atoms with Crippen LogP contribution in [-0.2, 0) is 20.7 Å². The second kappa shape index (κ2) is 7.79. The average molecular weight is 307 g/mol. The summed E-state index contributed by atoms with van der Waals surface area (Å²) >= 11 is 0. The van der Waals surface area contributed by atoms with E-state index in [2.05, 4.69) is 0 Å². The number of carboxylic acid groups (broad SMARTS) is 1. The van der Waals surface area contributed by atoms with Crippen LogP contribution in [0.25, 0.3) is 0 Å². The predicted octanol–water partition coefficient (Wildman–Crippen LogP) is 1.33. The molecular weight excluding hydrogens is 286 g/mol. The van der Waals surface area contributed by atoms with Crippen molar-refractivity contribution in [2.75, 3.05) is 26.3 Å². The Hall–Kier alpha value is -2.08. The zero-order valence-corrected chi connectivity index (χ0v) is 12.7. The van der Waals surface area contributed by atoms with Gasteiger partial charge in [-0.3, -0.25) is 4.79 Å². The van der Waals surface area contributed by atoms with Crippen LogP contribution in [0.2, 0.25) is 0 Å². The third-order valence-electron chi connectivity index (χ3n) is 3.42. The smallest absolute Gasteiger partial charge is 0.334 e. The van der Waals surface area contributed by atoms with E-state index in [0.29, 0.717) is 13.2 Å². The van der Waals surface area contributed by atoms with Crippen molar-refractivity contribution in [1.29, 1.82) is 0 Å². The van der Waals surface area contributed by atoms with Crippen molar-refractivity contribution in [2.45, 2.75) is 25.9 Å². The lowest BCUT2D eigenvalue weighted by molar-refractivity contribution is -0.159. The van der Waals surface area contributed by atoms with Crippen LogP contribution in [0.3, 0.4) is 0 Å². The number of ether oxygens (including phenoxy) is 2. The Bertz CT molecular complexity index is 531. The van der Waals surface area contributed by atoms with Crippen LogP contribution in [0.15, 0.2) is 24.3 Å². The summed E-state index contributed by atoms with van der Waals surface area (Å²) in [6.07, 6.45) is 0.223. The minimum absolute atomic E-state index is 0.0952. The highest BCUT2D eigenvalue weighted by atomic mass is 16.5. The maximum Gasteiger partial charge on any atom is 0.334 e. The lowest BCUT2D eigenvalue weighted by Gasteiger charge is -2.31. The zero-order valence-electron chi connectivity index (χ0n) is 12.7. The molecule has 22 heavy (non-hydrogen) atoms. The number of hydrogen-bond acceptors (Lipinski definition) is 4. The van der Waals surface area contributed by atoms with Gasteiger partial charge in [-0.15, -0.1) is 0 Å². The summed E-state index contributed by atoms with van der Waals surface area (Å²) in [6.45, 7) is 3.45. The van der Waals surface area contributed by atoms with E-state index in [4.69, 9.17) is 14.6 Å². The summed E-state index contributed by atoms with van der Waals surface area (Å²) in [5, 5.41) is 8.97. The van der Waals surface area contributed by atoms with E-state index in [1.54, 1.807) is 4.90 Å². The van der Waals surface area contributed by atoms with Crippen molar-refractivity contribution >= 4 is 11.9 Å². The third-order valence-corrected chi connectivity index (χ3v) is 3.42. The molecule has 6 heteroatoms. The van der Waals surface area contributed by atoms with Gasteiger partial charge in [0.25, 0.3) is 0 Å². The lowest BCUT2D eigenvalue weighted by atomic mass is 10.1. The minimum Gasteiger partial charge on any atom is -0.494 e. The van der Waals surface area contributed by atoms with Gasteiger partial charge < -0.3 is 19.5 Å². The first kappa shape index (κ1) is 16.3. The SMILES string of the molecule is CCCOc1cccc(CC(=O)N2CCOC(C(=O)O)C2)c1. The molecule has 1 atom stereocenters. The van der Waals surface area contributed by atoms with E-state index < -0.39 is 12.1 Å². The Kier molecular flexibility index (Phi) is 5.77. The molecule has 1 fully saturated rings. The molecule has 0 aliphatic carbocycles. The van der Waals surface area contributed by atoms with E-state index >= 15 is 0 Å². The number of rotatable bonds is 6. The molecule has 1 aliphatic rings. The molecule has 120 valence electrons. The summed E-state index contributed by atoms with van der Waals surface area (Å²) in [6, 6.07) is 7.43. The molecule has 2 rings (SSSR count). The standard InChI is InChI=1S/C16H21NO5/c1-2-7-21-13-5-3-4-12(9-13)10-15(18)17-6-8-22-14(11-17)16(19)20/h3-5,9,14H,2,6-8,10-11H2,1H3,(H,19,20). The van der Waals surface area contributed by atoms with Crippen LogP contribution in [0.1, 0.15) is 18.9 Å². The number of nitrogens with zero attached hydrogens (tertiary/aromatic N) is 1. The van der Waals surface area contributed by atoms with Crippen molar-refractivity contribution in [3.8, 4) is 5.75 Å². The summed E-state index contributed by atoms with van der Waals surface area (Å²) < 4.78 is 10.7. The van der Waals surface area contributed by atoms with Gasteiger partial charge in [0.1, 0.15) is 5.75 Å². The number of benzene rings is 1. The topological polar surface area (TPSA) is 76.1 Å². The first-order valence-corrected chi connectivity index (χ1v) is 7.44. The number of morpholine rings is 1. The molecule has 6 nitrogen and oxygen atoms in total. The molecule has 1 heterocycles. The van der Waals surface area contributed by atoms with Gasteiger partial charge in [-0.05, 0) is 24.1 Å². The van der Waals surface area contributed by atoms with Gasteiger partial charge in [-0.2, -0.15) is 0 Å². The van der Waals surface area contributed by atoms with Crippen LogP contribution in [0.4, 0.5) is 0 Å². The van der Waals surface area contributed by atoms with E-state index in [1.165, 1.54) is 0 Å². The van der Waals surface area contributed by atoms with Gasteiger partial charge in [0.05, 0.1) is 26.2 Å². The van der Waals surface area contributed by atoms with Crippen molar-refractivity contribution in [1.82, 2.24) is 4.90 Å². The van der Waals surface area contributed by atoms with Gasteiger partial charge in [0.15, 0.2) is 6.10 Å². The molecule has 1 aromatic carbocycles. The Balaban J connectivity index is 1.95. The molecule has 1 aliphatic heterocycles. The summed E-state index contributed by atoms with van der Waals surface area (Å²) in [5.74, 6) is -0.382. The van der Waals surface area contributed by atoms with Gasteiger partial charge in [-0.25, -0.2) is 4.79 Å². The van der Waals surface area contributed by atoms with E-state index in [0.717, 1.165) is 17.7 Å². The fourth-order valence-corrected chi connectivity index (χ4v) is 2.28. The first-order chi connectivity index (χ1) is 10.6. The van der Waals surface area contributed by atoms with Crippen molar-refractivity contribution in [3.63, 3.8) is 0 Å². The molecule has 1 amide bonds. The van der Waals surface area contributed by atoms with Crippen LogP contribution in [-0.4, -0.2) is 54.3 Å². The molecule has 0 radical (unpaired) electrons. The quantitative estimate of drug-likeness (QED) is 0.858. The fourth-order valence-electron chi connectivity index (χ4n) is 2.28. The number of amides is 1. The molecule has 0 bridgehead atoms. The Morgan fingerprint density at radius 2 is 2.27 bits per heavy atom. The van der Waals surface area contributed by atoms with E-state index in [9.17, 15) is 9.59 Å². The van der Waals surface area contributed by atoms with Crippen LogP contribution in [0, 0.1) is 0 Å². The number of aliphatic carboxylic acids is 1. The Morgan fingerprint density at radius 3 is 3.00 bits per heavy atom. The second-order valence-corrected chi connectivity index (χ2v) is 5.21. The third kappa shape index (κ3) is 4.46. The number of carbonyl (C=O) groups excluding carboxylic acids is 1. The monoisotopic (exact) mass is 307 g/mol. The van der Waals surface area contributed by atoms with Gasteiger partial charge in [0, 0.05) is 6.54 Å². The normalized spacial score (nSPS) is 18.0. The molecule has 1 aromatic rings. The summed E-state index contributed by atoms with van der Waals surface area (Å²) in [5.41, 5.74) is 0.858. The van der Waals surface area contributed by atoms with Crippen molar-refractivity contribution in [3.05, 3.63) is 29.8 Å². The van der Waals surface area contributed by atoms with Crippen molar-refractivity contribution < 1.29 is 24.2 Å². The molecule has 0 spiro atoms. The van der Waals surface area contributed by atoms with Crippen LogP contribution in [0.5, 0.6) is 5.75 Å². The molecule has 0 saturated carbocycles.